The summed E-state index contributed by atoms with van der Waals surface area (Å²) in [7, 11) is 1.61. The highest BCUT2D eigenvalue weighted by Crippen LogP contribution is 2.26. The molecule has 0 saturated heterocycles. The zero-order valence-corrected chi connectivity index (χ0v) is 17.4. The molecular weight excluding hydrogens is 419 g/mol. The van der Waals surface area contributed by atoms with Crippen molar-refractivity contribution >= 4 is 22.9 Å². The fraction of sp³-hybridized carbons (Fsp3) is 0.136. The van der Waals surface area contributed by atoms with Gasteiger partial charge in [0.05, 0.1) is 17.2 Å². The van der Waals surface area contributed by atoms with Crippen molar-refractivity contribution in [3.63, 3.8) is 0 Å². The molecule has 31 heavy (non-hydrogen) atoms. The Morgan fingerprint density at radius 2 is 1.97 bits per heavy atom. The molecule has 0 unspecified atom stereocenters. The second-order valence-electron chi connectivity index (χ2n) is 6.45. The Labute approximate surface area is 182 Å². The maximum absolute atomic E-state index is 13.8. The van der Waals surface area contributed by atoms with Crippen molar-refractivity contribution in [3.05, 3.63) is 77.7 Å². The molecule has 1 amide bonds. The second-order valence-corrected chi connectivity index (χ2v) is 7.40. The van der Waals surface area contributed by atoms with Crippen LogP contribution in [-0.4, -0.2) is 41.0 Å². The van der Waals surface area contributed by atoms with Crippen LogP contribution in [0.4, 0.5) is 10.1 Å². The van der Waals surface area contributed by atoms with E-state index in [4.69, 9.17) is 9.47 Å². The smallest absolute Gasteiger partial charge is 0.295 e. The quantitative estimate of drug-likeness (QED) is 0.412. The SMILES string of the molecule is COCCOc1ccc(NC(=O)c2nc(-c3cccs3)n(-c3cccc(F)c3)n2)cc1. The van der Waals surface area contributed by atoms with Gasteiger partial charge in [-0.15, -0.1) is 16.4 Å². The number of ether oxygens (including phenoxy) is 2. The van der Waals surface area contributed by atoms with Gasteiger partial charge >= 0.3 is 0 Å². The molecule has 0 fully saturated rings. The fourth-order valence-electron chi connectivity index (χ4n) is 2.83. The Morgan fingerprint density at radius 3 is 2.68 bits per heavy atom. The zero-order valence-electron chi connectivity index (χ0n) is 16.6. The van der Waals surface area contributed by atoms with Crippen molar-refractivity contribution in [1.82, 2.24) is 14.8 Å². The number of aromatic nitrogens is 3. The van der Waals surface area contributed by atoms with Crippen LogP contribution in [0.15, 0.2) is 66.0 Å². The topological polar surface area (TPSA) is 78.3 Å². The maximum atomic E-state index is 13.8. The van der Waals surface area contributed by atoms with Crippen LogP contribution in [0, 0.1) is 5.82 Å². The minimum absolute atomic E-state index is 0.0203. The molecule has 4 aromatic rings. The molecule has 2 aromatic heterocycles. The van der Waals surface area contributed by atoms with Crippen LogP contribution in [0.5, 0.6) is 5.75 Å². The van der Waals surface area contributed by atoms with Gasteiger partial charge < -0.3 is 14.8 Å². The summed E-state index contributed by atoms with van der Waals surface area (Å²) in [5.74, 6) is 0.245. The Hall–Kier alpha value is -3.56. The van der Waals surface area contributed by atoms with Gasteiger partial charge in [0.1, 0.15) is 18.2 Å². The highest BCUT2D eigenvalue weighted by molar-refractivity contribution is 7.13. The summed E-state index contributed by atoms with van der Waals surface area (Å²) in [5, 5.41) is 9.01. The van der Waals surface area contributed by atoms with E-state index in [0.29, 0.717) is 36.2 Å². The average molecular weight is 438 g/mol. The number of hydrogen-bond donors (Lipinski definition) is 1. The number of anilines is 1. The minimum atomic E-state index is -0.471. The molecule has 0 atom stereocenters. The van der Waals surface area contributed by atoms with Crippen LogP contribution in [-0.2, 0) is 4.74 Å². The third-order valence-corrected chi connectivity index (χ3v) is 5.14. The van der Waals surface area contributed by atoms with Gasteiger partial charge in [0.2, 0.25) is 5.82 Å². The minimum Gasteiger partial charge on any atom is -0.491 e. The lowest BCUT2D eigenvalue weighted by Crippen LogP contribution is -2.14. The van der Waals surface area contributed by atoms with E-state index in [9.17, 15) is 9.18 Å². The molecule has 9 heteroatoms. The first-order chi connectivity index (χ1) is 15.1. The first-order valence-electron chi connectivity index (χ1n) is 9.44. The average Bonchev–Trinajstić information content (AvgIpc) is 3.45. The Kier molecular flexibility index (Phi) is 6.34. The summed E-state index contributed by atoms with van der Waals surface area (Å²) in [6.07, 6.45) is 0. The van der Waals surface area contributed by atoms with Crippen molar-refractivity contribution < 1.29 is 18.7 Å². The van der Waals surface area contributed by atoms with Gasteiger partial charge in [0.25, 0.3) is 5.91 Å². The largest absolute Gasteiger partial charge is 0.491 e. The van der Waals surface area contributed by atoms with Crippen molar-refractivity contribution in [3.8, 4) is 22.1 Å². The van der Waals surface area contributed by atoms with E-state index in [1.165, 1.54) is 28.2 Å². The van der Waals surface area contributed by atoms with Crippen molar-refractivity contribution in [2.45, 2.75) is 0 Å². The molecule has 0 bridgehead atoms. The highest BCUT2D eigenvalue weighted by Gasteiger charge is 2.20. The standard InChI is InChI=1S/C22H19FN4O3S/c1-29-11-12-30-18-9-7-16(8-10-18)24-22(28)20-25-21(19-6-3-13-31-19)27(26-20)17-5-2-4-15(23)14-17/h2-10,13-14H,11-12H2,1H3,(H,24,28). The lowest BCUT2D eigenvalue weighted by Gasteiger charge is -2.07. The van der Waals surface area contributed by atoms with Gasteiger partial charge in [0, 0.05) is 12.8 Å². The summed E-state index contributed by atoms with van der Waals surface area (Å²) >= 11 is 1.46. The molecular formula is C22H19FN4O3S. The summed E-state index contributed by atoms with van der Waals surface area (Å²) in [6, 6.07) is 16.7. The van der Waals surface area contributed by atoms with Gasteiger partial charge in [0.15, 0.2) is 5.82 Å². The van der Waals surface area contributed by atoms with E-state index in [2.05, 4.69) is 15.4 Å². The highest BCUT2D eigenvalue weighted by atomic mass is 32.1. The van der Waals surface area contributed by atoms with E-state index in [-0.39, 0.29) is 5.82 Å². The van der Waals surface area contributed by atoms with Gasteiger partial charge in [-0.3, -0.25) is 4.79 Å². The fourth-order valence-corrected chi connectivity index (χ4v) is 3.52. The third kappa shape index (κ3) is 4.96. The van der Waals surface area contributed by atoms with E-state index in [1.54, 1.807) is 43.5 Å². The number of methoxy groups -OCH3 is 1. The number of benzene rings is 2. The number of thiophene rings is 1. The van der Waals surface area contributed by atoms with E-state index in [0.717, 1.165) is 4.88 Å². The number of halogens is 1. The molecule has 2 heterocycles. The van der Waals surface area contributed by atoms with Crippen LogP contribution < -0.4 is 10.1 Å². The van der Waals surface area contributed by atoms with Crippen LogP contribution in [0.25, 0.3) is 16.4 Å². The molecule has 0 saturated carbocycles. The first-order valence-corrected chi connectivity index (χ1v) is 10.3. The van der Waals surface area contributed by atoms with E-state index in [1.807, 2.05) is 17.5 Å². The van der Waals surface area contributed by atoms with Crippen molar-refractivity contribution in [2.75, 3.05) is 25.6 Å². The molecule has 158 valence electrons. The molecule has 1 N–H and O–H groups in total. The number of nitrogens with one attached hydrogen (secondary N) is 1. The van der Waals surface area contributed by atoms with Crippen molar-refractivity contribution in [2.24, 2.45) is 0 Å². The first kappa shape index (κ1) is 20.7. The number of carbonyl (C=O) groups is 1. The summed E-state index contributed by atoms with van der Waals surface area (Å²) < 4.78 is 25.7. The molecule has 2 aromatic carbocycles. The van der Waals surface area contributed by atoms with Crippen molar-refractivity contribution in [1.29, 1.82) is 0 Å². The maximum Gasteiger partial charge on any atom is 0.295 e. The van der Waals surface area contributed by atoms with Crippen LogP contribution in [0.1, 0.15) is 10.6 Å². The Bertz CT molecular complexity index is 1160. The summed E-state index contributed by atoms with van der Waals surface area (Å²) in [5.41, 5.74) is 1.05. The summed E-state index contributed by atoms with van der Waals surface area (Å²) in [4.78, 5) is 18.0. The summed E-state index contributed by atoms with van der Waals surface area (Å²) in [6.45, 7) is 0.930. The predicted octanol–water partition coefficient (Wildman–Crippen LogP) is 4.41. The number of rotatable bonds is 8. The van der Waals surface area contributed by atoms with Gasteiger partial charge in [-0.1, -0.05) is 12.1 Å². The van der Waals surface area contributed by atoms with E-state index < -0.39 is 11.7 Å². The molecule has 0 aliphatic heterocycles. The third-order valence-electron chi connectivity index (χ3n) is 4.27. The lowest BCUT2D eigenvalue weighted by atomic mass is 10.3. The molecule has 0 aliphatic rings. The number of amides is 1. The zero-order chi connectivity index (χ0) is 21.6. The van der Waals surface area contributed by atoms with Gasteiger partial charge in [-0.2, -0.15) is 0 Å². The lowest BCUT2D eigenvalue weighted by molar-refractivity contribution is 0.101. The number of nitrogens with zero attached hydrogens (tertiary/aromatic N) is 3. The molecule has 0 spiro atoms. The van der Waals surface area contributed by atoms with Crippen LogP contribution in [0.3, 0.4) is 0 Å². The Morgan fingerprint density at radius 1 is 1.13 bits per heavy atom. The molecule has 0 radical (unpaired) electrons. The molecule has 4 rings (SSSR count). The number of hydrogen-bond acceptors (Lipinski definition) is 6. The monoisotopic (exact) mass is 438 g/mol. The van der Waals surface area contributed by atoms with Gasteiger partial charge in [-0.25, -0.2) is 14.1 Å². The normalized spacial score (nSPS) is 10.8. The van der Waals surface area contributed by atoms with E-state index >= 15 is 0 Å². The van der Waals surface area contributed by atoms with Gasteiger partial charge in [-0.05, 0) is 53.9 Å². The van der Waals surface area contributed by atoms with Crippen LogP contribution >= 0.6 is 11.3 Å². The molecule has 7 nitrogen and oxygen atoms in total. The van der Waals surface area contributed by atoms with Crippen LogP contribution in [0.2, 0.25) is 0 Å². The predicted molar refractivity (Wildman–Crippen MR) is 116 cm³/mol. The Balaban J connectivity index is 1.56. The molecule has 0 aliphatic carbocycles. The second kappa shape index (κ2) is 9.50. The number of carbonyl (C=O) groups excluding carboxylic acids is 1.